The van der Waals surface area contributed by atoms with Crippen molar-refractivity contribution in [1.29, 1.82) is 0 Å². The van der Waals surface area contributed by atoms with Crippen LogP contribution in [0.5, 0.6) is 0 Å². The number of carbonyl (C=O) groups excluding carboxylic acids is 2. The lowest BCUT2D eigenvalue weighted by Crippen LogP contribution is -2.50. The number of hydrogen-bond donors (Lipinski definition) is 2. The molecule has 1 heterocycles. The van der Waals surface area contributed by atoms with Crippen molar-refractivity contribution in [3.63, 3.8) is 0 Å². The molecule has 1 aromatic rings. The van der Waals surface area contributed by atoms with Gasteiger partial charge in [-0.3, -0.25) is 9.59 Å². The minimum Gasteiger partial charge on any atom is -0.354 e. The predicted molar refractivity (Wildman–Crippen MR) is 104 cm³/mol. The predicted octanol–water partition coefficient (Wildman–Crippen LogP) is 2.66. The van der Waals surface area contributed by atoms with Crippen LogP contribution in [0.15, 0.2) is 24.3 Å². The van der Waals surface area contributed by atoms with E-state index in [4.69, 9.17) is 5.73 Å². The first-order chi connectivity index (χ1) is 11.4. The van der Waals surface area contributed by atoms with Gasteiger partial charge in [-0.1, -0.05) is 39.0 Å². The summed E-state index contributed by atoms with van der Waals surface area (Å²) in [6, 6.07) is 7.89. The van der Waals surface area contributed by atoms with Gasteiger partial charge in [0.1, 0.15) is 0 Å². The fourth-order valence-electron chi connectivity index (χ4n) is 3.10. The average molecular weight is 368 g/mol. The molecule has 1 unspecified atom stereocenters. The summed E-state index contributed by atoms with van der Waals surface area (Å²) >= 11 is 0. The molecular formula is C19H30ClN3O2. The van der Waals surface area contributed by atoms with E-state index >= 15 is 0 Å². The summed E-state index contributed by atoms with van der Waals surface area (Å²) in [7, 11) is 0. The Hall–Kier alpha value is -1.59. The zero-order valence-electron chi connectivity index (χ0n) is 15.4. The number of carbonyl (C=O) groups is 2. The minimum atomic E-state index is -0.368. The largest absolute Gasteiger partial charge is 0.354 e. The number of halogens is 1. The topological polar surface area (TPSA) is 75.4 Å². The SMILES string of the molecule is CCc1ccccc1N1CC(C(=O)NCC(N)(CC)CC)CC1=O.Cl. The van der Waals surface area contributed by atoms with Crippen LogP contribution in [0.25, 0.3) is 0 Å². The second-order valence-corrected chi connectivity index (χ2v) is 6.67. The zero-order chi connectivity index (χ0) is 17.7. The van der Waals surface area contributed by atoms with Crippen molar-refractivity contribution in [2.75, 3.05) is 18.0 Å². The van der Waals surface area contributed by atoms with Crippen molar-refractivity contribution in [3.8, 4) is 0 Å². The Balaban J connectivity index is 0.00000312. The van der Waals surface area contributed by atoms with E-state index in [9.17, 15) is 9.59 Å². The van der Waals surface area contributed by atoms with Crippen molar-refractivity contribution < 1.29 is 9.59 Å². The van der Waals surface area contributed by atoms with Crippen LogP contribution >= 0.6 is 12.4 Å². The first kappa shape index (κ1) is 21.5. The molecule has 1 aliphatic rings. The van der Waals surface area contributed by atoms with Gasteiger partial charge in [0.25, 0.3) is 0 Å². The van der Waals surface area contributed by atoms with E-state index in [2.05, 4.69) is 12.2 Å². The molecule has 0 bridgehead atoms. The summed E-state index contributed by atoms with van der Waals surface area (Å²) in [4.78, 5) is 26.6. The van der Waals surface area contributed by atoms with Gasteiger partial charge < -0.3 is 16.0 Å². The molecular weight excluding hydrogens is 338 g/mol. The molecule has 0 spiro atoms. The van der Waals surface area contributed by atoms with Gasteiger partial charge in [0.05, 0.1) is 5.92 Å². The van der Waals surface area contributed by atoms with Crippen LogP contribution in [0, 0.1) is 5.92 Å². The normalized spacial score (nSPS) is 17.4. The van der Waals surface area contributed by atoms with Crippen molar-refractivity contribution in [1.82, 2.24) is 5.32 Å². The molecule has 1 saturated heterocycles. The molecule has 1 aliphatic heterocycles. The lowest BCUT2D eigenvalue weighted by Gasteiger charge is -2.27. The van der Waals surface area contributed by atoms with Gasteiger partial charge in [-0.25, -0.2) is 0 Å². The minimum absolute atomic E-state index is 0. The summed E-state index contributed by atoms with van der Waals surface area (Å²) < 4.78 is 0. The molecule has 5 nitrogen and oxygen atoms in total. The number of amides is 2. The molecule has 1 fully saturated rings. The van der Waals surface area contributed by atoms with Crippen LogP contribution < -0.4 is 16.0 Å². The smallest absolute Gasteiger partial charge is 0.227 e. The van der Waals surface area contributed by atoms with Gasteiger partial charge in [-0.05, 0) is 30.9 Å². The van der Waals surface area contributed by atoms with Gasteiger partial charge in [0, 0.05) is 30.7 Å². The van der Waals surface area contributed by atoms with Crippen LogP contribution in [0.4, 0.5) is 5.69 Å². The molecule has 1 atom stereocenters. The Morgan fingerprint density at radius 2 is 1.92 bits per heavy atom. The van der Waals surface area contributed by atoms with Gasteiger partial charge in [0.2, 0.25) is 11.8 Å². The molecule has 0 saturated carbocycles. The Kier molecular flexibility index (Phi) is 7.90. The maximum Gasteiger partial charge on any atom is 0.227 e. The molecule has 0 aliphatic carbocycles. The van der Waals surface area contributed by atoms with Gasteiger partial charge in [-0.2, -0.15) is 0 Å². The van der Waals surface area contributed by atoms with Crippen molar-refractivity contribution >= 4 is 29.9 Å². The van der Waals surface area contributed by atoms with Crippen LogP contribution in [0.3, 0.4) is 0 Å². The van der Waals surface area contributed by atoms with E-state index in [-0.39, 0.29) is 42.1 Å². The fraction of sp³-hybridized carbons (Fsp3) is 0.579. The summed E-state index contributed by atoms with van der Waals surface area (Å²) in [5.41, 5.74) is 7.92. The number of nitrogens with one attached hydrogen (secondary N) is 1. The van der Waals surface area contributed by atoms with E-state index in [1.807, 2.05) is 38.1 Å². The third-order valence-corrected chi connectivity index (χ3v) is 5.18. The monoisotopic (exact) mass is 367 g/mol. The third kappa shape index (κ3) is 4.95. The lowest BCUT2D eigenvalue weighted by molar-refractivity contribution is -0.126. The first-order valence-electron chi connectivity index (χ1n) is 8.89. The molecule has 1 aromatic carbocycles. The Morgan fingerprint density at radius 1 is 1.28 bits per heavy atom. The van der Waals surface area contributed by atoms with Gasteiger partial charge in [0.15, 0.2) is 0 Å². The molecule has 140 valence electrons. The summed E-state index contributed by atoms with van der Waals surface area (Å²) in [6.45, 7) is 7.02. The zero-order valence-corrected chi connectivity index (χ0v) is 16.2. The highest BCUT2D eigenvalue weighted by Gasteiger charge is 2.36. The molecule has 0 aromatic heterocycles. The Morgan fingerprint density at radius 3 is 2.52 bits per heavy atom. The summed E-state index contributed by atoms with van der Waals surface area (Å²) in [5, 5.41) is 2.95. The summed E-state index contributed by atoms with van der Waals surface area (Å²) in [5.74, 6) is -0.363. The second kappa shape index (κ2) is 9.20. The van der Waals surface area contributed by atoms with E-state index in [1.54, 1.807) is 4.90 Å². The standard InChI is InChI=1S/C19H29N3O2.ClH/c1-4-14-9-7-8-10-16(14)22-12-15(11-17(22)23)18(24)21-13-19(20,5-2)6-3;/h7-10,15H,4-6,11-13,20H2,1-3H3,(H,21,24);1H. The maximum atomic E-state index is 12.5. The lowest BCUT2D eigenvalue weighted by atomic mass is 9.94. The summed E-state index contributed by atoms with van der Waals surface area (Å²) in [6.07, 6.45) is 2.74. The van der Waals surface area contributed by atoms with Crippen LogP contribution in [0.1, 0.15) is 45.6 Å². The number of aryl methyl sites for hydroxylation is 1. The van der Waals surface area contributed by atoms with Crippen LogP contribution in [-0.4, -0.2) is 30.4 Å². The second-order valence-electron chi connectivity index (χ2n) is 6.67. The number of para-hydroxylation sites is 1. The Labute approximate surface area is 156 Å². The first-order valence-corrected chi connectivity index (χ1v) is 8.89. The number of nitrogens with zero attached hydrogens (tertiary/aromatic N) is 1. The molecule has 3 N–H and O–H groups in total. The highest BCUT2D eigenvalue weighted by Crippen LogP contribution is 2.28. The molecule has 6 heteroatoms. The van der Waals surface area contributed by atoms with Crippen molar-refractivity contribution in [2.45, 2.75) is 52.0 Å². The van der Waals surface area contributed by atoms with E-state index in [0.29, 0.717) is 13.1 Å². The van der Waals surface area contributed by atoms with Crippen molar-refractivity contribution in [2.24, 2.45) is 11.7 Å². The van der Waals surface area contributed by atoms with Crippen LogP contribution in [0.2, 0.25) is 0 Å². The van der Waals surface area contributed by atoms with E-state index in [1.165, 1.54) is 0 Å². The number of anilines is 1. The quantitative estimate of drug-likeness (QED) is 0.777. The highest BCUT2D eigenvalue weighted by molar-refractivity contribution is 6.00. The highest BCUT2D eigenvalue weighted by atomic mass is 35.5. The fourth-order valence-corrected chi connectivity index (χ4v) is 3.10. The molecule has 25 heavy (non-hydrogen) atoms. The maximum absolute atomic E-state index is 12.5. The third-order valence-electron chi connectivity index (χ3n) is 5.18. The molecule has 0 radical (unpaired) electrons. The van der Waals surface area contributed by atoms with E-state index < -0.39 is 0 Å². The molecule has 2 rings (SSSR count). The number of hydrogen-bond acceptors (Lipinski definition) is 3. The average Bonchev–Trinajstić information content (AvgIpc) is 3.01. The van der Waals surface area contributed by atoms with Gasteiger partial charge in [-0.15, -0.1) is 12.4 Å². The van der Waals surface area contributed by atoms with Crippen LogP contribution in [-0.2, 0) is 16.0 Å². The number of benzene rings is 1. The number of nitrogens with two attached hydrogens (primary N) is 1. The van der Waals surface area contributed by atoms with E-state index in [0.717, 1.165) is 30.5 Å². The molecule has 2 amide bonds. The Bertz CT molecular complexity index is 602. The van der Waals surface area contributed by atoms with Crippen molar-refractivity contribution in [3.05, 3.63) is 29.8 Å². The van der Waals surface area contributed by atoms with Gasteiger partial charge >= 0.3 is 0 Å². The number of rotatable bonds is 7.